The molecule has 1 fully saturated rings. The van der Waals surface area contributed by atoms with Crippen LogP contribution in [0, 0.1) is 5.82 Å². The van der Waals surface area contributed by atoms with Crippen molar-refractivity contribution in [2.24, 2.45) is 0 Å². The molecule has 0 saturated carbocycles. The van der Waals surface area contributed by atoms with E-state index in [1.807, 2.05) is 36.4 Å². The van der Waals surface area contributed by atoms with Gasteiger partial charge in [0.05, 0.1) is 11.7 Å². The molecule has 2 aromatic carbocycles. The summed E-state index contributed by atoms with van der Waals surface area (Å²) in [6.07, 6.45) is 0. The van der Waals surface area contributed by atoms with E-state index in [2.05, 4.69) is 44.9 Å². The number of hydrogen-bond acceptors (Lipinski definition) is 4. The van der Waals surface area contributed by atoms with E-state index in [0.29, 0.717) is 15.8 Å². The molecule has 8 heteroatoms. The lowest BCUT2D eigenvalue weighted by atomic mass is 10.0. The van der Waals surface area contributed by atoms with Crippen LogP contribution < -0.4 is 15.5 Å². The first-order chi connectivity index (χ1) is 15.5. The van der Waals surface area contributed by atoms with Crippen LogP contribution in [-0.2, 0) is 0 Å². The van der Waals surface area contributed by atoms with Crippen molar-refractivity contribution in [1.29, 1.82) is 0 Å². The van der Waals surface area contributed by atoms with Gasteiger partial charge in [0.25, 0.3) is 0 Å². The highest BCUT2D eigenvalue weighted by Gasteiger charge is 2.31. The number of rotatable bonds is 6. The molecule has 2 N–H and O–H groups in total. The largest absolute Gasteiger partial charge is 0.367 e. The van der Waals surface area contributed by atoms with Gasteiger partial charge in [0.2, 0.25) is 0 Å². The van der Waals surface area contributed by atoms with E-state index >= 15 is 0 Å². The Kier molecular flexibility index (Phi) is 7.63. The molecule has 1 aliphatic heterocycles. The molecule has 2 unspecified atom stereocenters. The van der Waals surface area contributed by atoms with Crippen LogP contribution in [0.25, 0.3) is 0 Å². The second-order valence-electron chi connectivity index (χ2n) is 7.83. The molecule has 2 heterocycles. The van der Waals surface area contributed by atoms with Crippen LogP contribution in [-0.4, -0.2) is 42.2 Å². The first-order valence-corrected chi connectivity index (χ1v) is 12.3. The molecule has 0 radical (unpaired) electrons. The molecular formula is C24H26ClFN4S2. The normalized spacial score (nSPS) is 16.4. The maximum atomic E-state index is 14.2. The molecule has 4 nitrogen and oxygen atoms in total. The fraction of sp³-hybridized carbons (Fsp3) is 0.292. The van der Waals surface area contributed by atoms with E-state index in [1.54, 1.807) is 17.4 Å². The number of anilines is 2. The number of para-hydroxylation sites is 1. The van der Waals surface area contributed by atoms with Gasteiger partial charge >= 0.3 is 0 Å². The minimum atomic E-state index is -0.164. The number of halogens is 2. The molecule has 3 aromatic rings. The molecule has 0 bridgehead atoms. The summed E-state index contributed by atoms with van der Waals surface area (Å²) in [5.41, 5.74) is 1.53. The fourth-order valence-corrected chi connectivity index (χ4v) is 5.63. The summed E-state index contributed by atoms with van der Waals surface area (Å²) in [6.45, 7) is 5.40. The zero-order chi connectivity index (χ0) is 22.5. The average Bonchev–Trinajstić information content (AvgIpc) is 3.29. The number of nitrogens with zero attached hydrogens (tertiary/aromatic N) is 2. The third kappa shape index (κ3) is 5.59. The van der Waals surface area contributed by atoms with Gasteiger partial charge in [0.1, 0.15) is 5.82 Å². The van der Waals surface area contributed by atoms with Crippen LogP contribution in [0.4, 0.5) is 15.8 Å². The highest BCUT2D eigenvalue weighted by molar-refractivity contribution is 7.80. The Bertz CT molecular complexity index is 1040. The number of nitrogens with one attached hydrogen (secondary N) is 2. The quantitative estimate of drug-likeness (QED) is 0.429. The van der Waals surface area contributed by atoms with Crippen LogP contribution in [0.5, 0.6) is 0 Å². The number of piperazine rings is 1. The maximum Gasteiger partial charge on any atom is 0.171 e. The van der Waals surface area contributed by atoms with E-state index in [0.717, 1.165) is 31.9 Å². The number of benzene rings is 2. The first kappa shape index (κ1) is 23.0. The standard InChI is InChI=1S/C24H26ClFN4S2/c1-17(27-24(31)28-19-7-4-6-18(25)16-19)23(22-10-5-15-32-22)30-13-11-29(12-14-30)21-9-3-2-8-20(21)26/h2-10,15-17,23H,11-14H2,1H3,(H2,27,28,31). The van der Waals surface area contributed by atoms with Crippen LogP contribution in [0.2, 0.25) is 5.02 Å². The van der Waals surface area contributed by atoms with Gasteiger partial charge in [-0.05, 0) is 60.9 Å². The summed E-state index contributed by atoms with van der Waals surface area (Å²) in [5, 5.41) is 10.0. The van der Waals surface area contributed by atoms with E-state index in [4.69, 9.17) is 23.8 Å². The van der Waals surface area contributed by atoms with Crippen LogP contribution in [0.3, 0.4) is 0 Å². The molecule has 168 valence electrons. The van der Waals surface area contributed by atoms with Crippen molar-refractivity contribution in [3.63, 3.8) is 0 Å². The smallest absolute Gasteiger partial charge is 0.171 e. The third-order valence-corrected chi connectivity index (χ3v) is 7.05. The molecule has 1 saturated heterocycles. The second kappa shape index (κ2) is 10.6. The van der Waals surface area contributed by atoms with Crippen molar-refractivity contribution in [2.75, 3.05) is 36.4 Å². The Hall–Kier alpha value is -2.19. The molecule has 32 heavy (non-hydrogen) atoms. The Morgan fingerprint density at radius 2 is 1.84 bits per heavy atom. The van der Waals surface area contributed by atoms with Crippen molar-refractivity contribution in [3.05, 3.63) is 81.8 Å². The van der Waals surface area contributed by atoms with Gasteiger partial charge in [-0.15, -0.1) is 11.3 Å². The fourth-order valence-electron chi connectivity index (χ4n) is 4.17. The average molecular weight is 489 g/mol. The summed E-state index contributed by atoms with van der Waals surface area (Å²) < 4.78 is 14.2. The molecule has 1 aromatic heterocycles. The van der Waals surface area contributed by atoms with Gasteiger partial charge in [0, 0.05) is 47.8 Å². The molecular weight excluding hydrogens is 463 g/mol. The van der Waals surface area contributed by atoms with E-state index in [1.165, 1.54) is 10.9 Å². The highest BCUT2D eigenvalue weighted by Crippen LogP contribution is 2.30. The minimum Gasteiger partial charge on any atom is -0.367 e. The van der Waals surface area contributed by atoms with Crippen molar-refractivity contribution >= 4 is 51.6 Å². The summed E-state index contributed by atoms with van der Waals surface area (Å²) >= 11 is 13.4. The van der Waals surface area contributed by atoms with Crippen molar-refractivity contribution in [1.82, 2.24) is 10.2 Å². The predicted molar refractivity (Wildman–Crippen MR) is 138 cm³/mol. The minimum absolute atomic E-state index is 0.0767. The van der Waals surface area contributed by atoms with Crippen LogP contribution in [0.1, 0.15) is 17.8 Å². The maximum absolute atomic E-state index is 14.2. The topological polar surface area (TPSA) is 30.5 Å². The zero-order valence-electron chi connectivity index (χ0n) is 17.8. The molecule has 2 atom stereocenters. The SMILES string of the molecule is CC(NC(=S)Nc1cccc(Cl)c1)C(c1cccs1)N1CCN(c2ccccc2F)CC1. The van der Waals surface area contributed by atoms with Crippen molar-refractivity contribution in [3.8, 4) is 0 Å². The van der Waals surface area contributed by atoms with Gasteiger partial charge in [-0.2, -0.15) is 0 Å². The van der Waals surface area contributed by atoms with Crippen LogP contribution in [0.15, 0.2) is 66.0 Å². The Morgan fingerprint density at radius 3 is 2.53 bits per heavy atom. The molecule has 1 aliphatic rings. The summed E-state index contributed by atoms with van der Waals surface area (Å²) in [6, 6.07) is 19.0. The van der Waals surface area contributed by atoms with E-state index in [-0.39, 0.29) is 17.9 Å². The van der Waals surface area contributed by atoms with Gasteiger partial charge in [-0.25, -0.2) is 4.39 Å². The molecule has 0 aliphatic carbocycles. The Morgan fingerprint density at radius 1 is 1.06 bits per heavy atom. The highest BCUT2D eigenvalue weighted by atomic mass is 35.5. The number of hydrogen-bond donors (Lipinski definition) is 2. The summed E-state index contributed by atoms with van der Waals surface area (Å²) in [5.74, 6) is -0.164. The third-order valence-electron chi connectivity index (χ3n) is 5.65. The van der Waals surface area contributed by atoms with E-state index < -0.39 is 0 Å². The molecule has 4 rings (SSSR count). The lowest BCUT2D eigenvalue weighted by Gasteiger charge is -2.42. The van der Waals surface area contributed by atoms with Gasteiger partial charge in [-0.1, -0.05) is 35.9 Å². The van der Waals surface area contributed by atoms with Crippen LogP contribution >= 0.6 is 35.2 Å². The molecule has 0 amide bonds. The Labute approximate surface area is 203 Å². The predicted octanol–water partition coefficient (Wildman–Crippen LogP) is 5.78. The number of thiophene rings is 1. The van der Waals surface area contributed by atoms with E-state index in [9.17, 15) is 4.39 Å². The van der Waals surface area contributed by atoms with Gasteiger partial charge < -0.3 is 15.5 Å². The zero-order valence-corrected chi connectivity index (χ0v) is 20.2. The van der Waals surface area contributed by atoms with Gasteiger partial charge in [-0.3, -0.25) is 4.90 Å². The monoisotopic (exact) mass is 488 g/mol. The molecule has 0 spiro atoms. The lowest BCUT2D eigenvalue weighted by Crippen LogP contribution is -2.52. The number of thiocarbonyl (C=S) groups is 1. The van der Waals surface area contributed by atoms with Crippen molar-refractivity contribution in [2.45, 2.75) is 19.0 Å². The lowest BCUT2D eigenvalue weighted by molar-refractivity contribution is 0.163. The first-order valence-electron chi connectivity index (χ1n) is 10.6. The second-order valence-corrected chi connectivity index (χ2v) is 9.66. The Balaban J connectivity index is 1.43. The summed E-state index contributed by atoms with van der Waals surface area (Å²) in [7, 11) is 0. The van der Waals surface area contributed by atoms with Crippen molar-refractivity contribution < 1.29 is 4.39 Å². The van der Waals surface area contributed by atoms with Gasteiger partial charge in [0.15, 0.2) is 5.11 Å². The summed E-state index contributed by atoms with van der Waals surface area (Å²) in [4.78, 5) is 5.87.